The van der Waals surface area contributed by atoms with Crippen LogP contribution in [0.4, 0.5) is 5.69 Å². The third kappa shape index (κ3) is 3.95. The average molecular weight is 295 g/mol. The zero-order valence-electron chi connectivity index (χ0n) is 12.3. The SMILES string of the molecule is CC(CNS(=O)(=O)c1ccc(C#N)cc1N)C(C)(C)C. The third-order valence-electron chi connectivity index (χ3n) is 3.49. The Morgan fingerprint density at radius 3 is 2.45 bits per heavy atom. The summed E-state index contributed by atoms with van der Waals surface area (Å²) in [5.74, 6) is 0.178. The molecule has 0 saturated carbocycles. The maximum Gasteiger partial charge on any atom is 0.242 e. The summed E-state index contributed by atoms with van der Waals surface area (Å²) in [5, 5.41) is 8.75. The monoisotopic (exact) mass is 295 g/mol. The summed E-state index contributed by atoms with van der Waals surface area (Å²) in [4.78, 5) is 0.0117. The van der Waals surface area contributed by atoms with Crippen LogP contribution in [-0.2, 0) is 10.0 Å². The molecule has 1 rings (SSSR count). The van der Waals surface area contributed by atoms with Crippen molar-refractivity contribution in [3.63, 3.8) is 0 Å². The molecule has 3 N–H and O–H groups in total. The van der Waals surface area contributed by atoms with Gasteiger partial charge in [-0.2, -0.15) is 5.26 Å². The second kappa shape index (κ2) is 5.81. The number of benzene rings is 1. The lowest BCUT2D eigenvalue weighted by atomic mass is 9.82. The zero-order valence-corrected chi connectivity index (χ0v) is 13.1. The fourth-order valence-electron chi connectivity index (χ4n) is 1.48. The molecule has 0 radical (unpaired) electrons. The van der Waals surface area contributed by atoms with Crippen molar-refractivity contribution in [1.82, 2.24) is 4.72 Å². The Morgan fingerprint density at radius 1 is 1.40 bits per heavy atom. The van der Waals surface area contributed by atoms with Crippen LogP contribution in [0.1, 0.15) is 33.3 Å². The van der Waals surface area contributed by atoms with E-state index in [1.807, 2.05) is 13.0 Å². The molecule has 1 atom stereocenters. The van der Waals surface area contributed by atoms with Crippen LogP contribution in [0.15, 0.2) is 23.1 Å². The molecule has 0 aliphatic heterocycles. The minimum absolute atomic E-state index is 0.0117. The van der Waals surface area contributed by atoms with Crippen LogP contribution in [-0.4, -0.2) is 15.0 Å². The van der Waals surface area contributed by atoms with Gasteiger partial charge in [-0.1, -0.05) is 27.7 Å². The van der Waals surface area contributed by atoms with E-state index in [0.29, 0.717) is 12.1 Å². The summed E-state index contributed by atoms with van der Waals surface area (Å²) in [5.41, 5.74) is 6.14. The fourth-order valence-corrected chi connectivity index (χ4v) is 2.72. The summed E-state index contributed by atoms with van der Waals surface area (Å²) in [6.45, 7) is 8.50. The highest BCUT2D eigenvalue weighted by molar-refractivity contribution is 7.89. The van der Waals surface area contributed by atoms with Gasteiger partial charge < -0.3 is 5.73 Å². The summed E-state index contributed by atoms with van der Waals surface area (Å²) >= 11 is 0. The first-order chi connectivity index (χ1) is 9.08. The summed E-state index contributed by atoms with van der Waals surface area (Å²) in [6, 6.07) is 6.09. The highest BCUT2D eigenvalue weighted by Crippen LogP contribution is 2.25. The van der Waals surface area contributed by atoms with E-state index in [2.05, 4.69) is 25.5 Å². The van der Waals surface area contributed by atoms with Gasteiger partial charge in [-0.25, -0.2) is 13.1 Å². The largest absolute Gasteiger partial charge is 0.398 e. The maximum atomic E-state index is 12.2. The van der Waals surface area contributed by atoms with Gasteiger partial charge in [0.15, 0.2) is 0 Å². The normalized spacial score (nSPS) is 13.8. The average Bonchev–Trinajstić information content (AvgIpc) is 2.34. The maximum absolute atomic E-state index is 12.2. The summed E-state index contributed by atoms with van der Waals surface area (Å²) < 4.78 is 27.0. The van der Waals surface area contributed by atoms with Crippen LogP contribution in [0.3, 0.4) is 0 Å². The lowest BCUT2D eigenvalue weighted by Crippen LogP contribution is -2.34. The van der Waals surface area contributed by atoms with Crippen LogP contribution in [0.2, 0.25) is 0 Å². The van der Waals surface area contributed by atoms with E-state index in [1.165, 1.54) is 18.2 Å². The van der Waals surface area contributed by atoms with Gasteiger partial charge in [-0.05, 0) is 29.5 Å². The zero-order chi connectivity index (χ0) is 15.6. The molecule has 5 nitrogen and oxygen atoms in total. The van der Waals surface area contributed by atoms with E-state index in [-0.39, 0.29) is 21.9 Å². The van der Waals surface area contributed by atoms with Gasteiger partial charge in [0.25, 0.3) is 0 Å². The second-order valence-corrected chi connectivity index (χ2v) is 7.72. The Balaban J connectivity index is 2.93. The molecule has 6 heteroatoms. The highest BCUT2D eigenvalue weighted by Gasteiger charge is 2.23. The molecule has 0 aliphatic carbocycles. The molecule has 0 spiro atoms. The molecule has 0 heterocycles. The van der Waals surface area contributed by atoms with Gasteiger partial charge in [0, 0.05) is 6.54 Å². The Kier molecular flexibility index (Phi) is 4.79. The third-order valence-corrected chi connectivity index (χ3v) is 4.98. The Hall–Kier alpha value is -1.58. The van der Waals surface area contributed by atoms with Crippen molar-refractivity contribution >= 4 is 15.7 Å². The van der Waals surface area contributed by atoms with E-state index >= 15 is 0 Å². The van der Waals surface area contributed by atoms with Crippen molar-refractivity contribution < 1.29 is 8.42 Å². The second-order valence-electron chi connectivity index (χ2n) is 5.98. The van der Waals surface area contributed by atoms with Gasteiger partial charge in [0.05, 0.1) is 17.3 Å². The molecule has 0 saturated heterocycles. The Morgan fingerprint density at radius 2 is 2.00 bits per heavy atom. The van der Waals surface area contributed by atoms with Crippen LogP contribution in [0.5, 0.6) is 0 Å². The Labute approximate surface area is 120 Å². The van der Waals surface area contributed by atoms with Crippen molar-refractivity contribution in [2.24, 2.45) is 11.3 Å². The quantitative estimate of drug-likeness (QED) is 0.831. The fraction of sp³-hybridized carbons (Fsp3) is 0.500. The number of sulfonamides is 1. The first kappa shape index (κ1) is 16.5. The van der Waals surface area contributed by atoms with E-state index in [1.54, 1.807) is 0 Å². The van der Waals surface area contributed by atoms with Crippen LogP contribution in [0.25, 0.3) is 0 Å². The molecule has 110 valence electrons. The molecular formula is C14H21N3O2S. The Bertz CT molecular complexity index is 625. The molecule has 0 bridgehead atoms. The highest BCUT2D eigenvalue weighted by atomic mass is 32.2. The number of nitrogen functional groups attached to an aromatic ring is 1. The van der Waals surface area contributed by atoms with Crippen molar-refractivity contribution in [3.8, 4) is 6.07 Å². The lowest BCUT2D eigenvalue weighted by Gasteiger charge is -2.27. The van der Waals surface area contributed by atoms with Crippen molar-refractivity contribution in [3.05, 3.63) is 23.8 Å². The molecule has 1 aromatic carbocycles. The standard InChI is InChI=1S/C14H21N3O2S/c1-10(14(2,3)4)9-17-20(18,19)13-6-5-11(8-15)7-12(13)16/h5-7,10,17H,9,16H2,1-4H3. The van der Waals surface area contributed by atoms with Crippen LogP contribution >= 0.6 is 0 Å². The van der Waals surface area contributed by atoms with E-state index in [0.717, 1.165) is 0 Å². The molecule has 0 aromatic heterocycles. The minimum atomic E-state index is -3.66. The summed E-state index contributed by atoms with van der Waals surface area (Å²) in [7, 11) is -3.66. The van der Waals surface area contributed by atoms with Crippen molar-refractivity contribution in [2.75, 3.05) is 12.3 Å². The van der Waals surface area contributed by atoms with Crippen LogP contribution in [0, 0.1) is 22.7 Å². The van der Waals surface area contributed by atoms with Gasteiger partial charge in [0.1, 0.15) is 4.90 Å². The first-order valence-corrected chi connectivity index (χ1v) is 7.85. The number of nitriles is 1. The number of nitrogens with zero attached hydrogens (tertiary/aromatic N) is 1. The lowest BCUT2D eigenvalue weighted by molar-refractivity contribution is 0.263. The number of nitrogens with two attached hydrogens (primary N) is 1. The first-order valence-electron chi connectivity index (χ1n) is 6.37. The topological polar surface area (TPSA) is 96.0 Å². The van der Waals surface area contributed by atoms with E-state index in [4.69, 9.17) is 11.0 Å². The van der Waals surface area contributed by atoms with Gasteiger partial charge in [-0.15, -0.1) is 0 Å². The number of anilines is 1. The van der Waals surface area contributed by atoms with E-state index < -0.39 is 10.0 Å². The molecule has 1 aromatic rings. The molecule has 0 aliphatic rings. The number of rotatable bonds is 4. The number of hydrogen-bond donors (Lipinski definition) is 2. The van der Waals surface area contributed by atoms with Gasteiger partial charge in [-0.3, -0.25) is 0 Å². The van der Waals surface area contributed by atoms with Crippen LogP contribution < -0.4 is 10.5 Å². The van der Waals surface area contributed by atoms with Gasteiger partial charge >= 0.3 is 0 Å². The van der Waals surface area contributed by atoms with Crippen molar-refractivity contribution in [1.29, 1.82) is 5.26 Å². The molecule has 1 unspecified atom stereocenters. The number of hydrogen-bond acceptors (Lipinski definition) is 4. The summed E-state index contributed by atoms with van der Waals surface area (Å²) in [6.07, 6.45) is 0. The molecule has 0 amide bonds. The molecule has 0 fully saturated rings. The molecule has 20 heavy (non-hydrogen) atoms. The predicted octanol–water partition coefficient (Wildman–Crippen LogP) is 2.10. The minimum Gasteiger partial charge on any atom is -0.398 e. The number of nitrogens with one attached hydrogen (secondary N) is 1. The van der Waals surface area contributed by atoms with E-state index in [9.17, 15) is 8.42 Å². The molecular weight excluding hydrogens is 274 g/mol. The van der Waals surface area contributed by atoms with Gasteiger partial charge in [0.2, 0.25) is 10.0 Å². The smallest absolute Gasteiger partial charge is 0.242 e. The predicted molar refractivity (Wildman–Crippen MR) is 79.4 cm³/mol. The van der Waals surface area contributed by atoms with Crippen molar-refractivity contribution in [2.45, 2.75) is 32.6 Å².